The number of hydrogen-bond donors (Lipinski definition) is 0. The first-order chi connectivity index (χ1) is 9.47. The minimum absolute atomic E-state index is 0.00662. The van der Waals surface area contributed by atoms with Crippen molar-refractivity contribution in [3.8, 4) is 0 Å². The van der Waals surface area contributed by atoms with Crippen LogP contribution in [-0.2, 0) is 4.79 Å². The van der Waals surface area contributed by atoms with E-state index in [1.54, 1.807) is 4.90 Å². The first-order valence-electron chi connectivity index (χ1n) is 6.43. The summed E-state index contributed by atoms with van der Waals surface area (Å²) in [5, 5.41) is 0. The average molecular weight is 282 g/mol. The summed E-state index contributed by atoms with van der Waals surface area (Å²) in [5.74, 6) is -1.78. The summed E-state index contributed by atoms with van der Waals surface area (Å²) in [6, 6.07) is 2.86. The first-order valence-corrected chi connectivity index (χ1v) is 6.43. The van der Waals surface area contributed by atoms with Gasteiger partial charge in [0.1, 0.15) is 11.6 Å². The summed E-state index contributed by atoms with van der Waals surface area (Å²) in [5.41, 5.74) is -0.223. The second-order valence-corrected chi connectivity index (χ2v) is 4.83. The fraction of sp³-hybridized carbons (Fsp3) is 0.429. The average Bonchev–Trinajstić information content (AvgIpc) is 2.42. The zero-order chi connectivity index (χ0) is 14.7. The quantitative estimate of drug-likeness (QED) is 0.785. The topological polar surface area (TPSA) is 40.6 Å². The Bertz CT molecular complexity index is 526. The molecule has 0 bridgehead atoms. The van der Waals surface area contributed by atoms with Crippen molar-refractivity contribution in [2.75, 3.05) is 32.7 Å². The number of ketones is 1. The predicted molar refractivity (Wildman–Crippen MR) is 69.4 cm³/mol. The number of rotatable bonds is 3. The van der Waals surface area contributed by atoms with Gasteiger partial charge in [-0.05, 0) is 18.2 Å². The lowest BCUT2D eigenvalue weighted by molar-refractivity contribution is -0.130. The van der Waals surface area contributed by atoms with Gasteiger partial charge in [-0.25, -0.2) is 8.78 Å². The number of Topliss-reactive ketones (excluding diaryl/α,β-unsaturated/α-hetero) is 1. The lowest BCUT2D eigenvalue weighted by Gasteiger charge is -2.33. The molecule has 0 N–H and O–H groups in total. The summed E-state index contributed by atoms with van der Waals surface area (Å²) in [7, 11) is 0. The molecule has 20 heavy (non-hydrogen) atoms. The van der Waals surface area contributed by atoms with E-state index in [0.717, 1.165) is 18.2 Å². The number of carbonyl (C=O) groups excluding carboxylic acids is 2. The van der Waals surface area contributed by atoms with Gasteiger partial charge in [0.15, 0.2) is 5.78 Å². The molecule has 1 saturated heterocycles. The third kappa shape index (κ3) is 3.39. The van der Waals surface area contributed by atoms with E-state index in [1.165, 1.54) is 6.92 Å². The molecule has 0 unspecified atom stereocenters. The van der Waals surface area contributed by atoms with Crippen molar-refractivity contribution < 1.29 is 18.4 Å². The van der Waals surface area contributed by atoms with Crippen LogP contribution >= 0.6 is 0 Å². The van der Waals surface area contributed by atoms with E-state index in [9.17, 15) is 18.4 Å². The number of piperazine rings is 1. The van der Waals surface area contributed by atoms with E-state index in [4.69, 9.17) is 0 Å². The molecule has 1 aromatic rings. The van der Waals surface area contributed by atoms with Crippen LogP contribution in [0.3, 0.4) is 0 Å². The summed E-state index contributed by atoms with van der Waals surface area (Å²) in [6.45, 7) is 3.75. The summed E-state index contributed by atoms with van der Waals surface area (Å²) in [4.78, 5) is 26.7. The second kappa shape index (κ2) is 6.09. The molecule has 1 heterocycles. The van der Waals surface area contributed by atoms with Crippen LogP contribution in [0.15, 0.2) is 18.2 Å². The molecular formula is C14H16F2N2O2. The standard InChI is InChI=1S/C14H16F2N2O2/c1-10(19)18-6-4-17(5-7-18)9-14(20)12-8-11(15)2-3-13(12)16/h2-3,8H,4-7,9H2,1H3. The van der Waals surface area contributed by atoms with Crippen LogP contribution in [0, 0.1) is 11.6 Å². The molecule has 108 valence electrons. The Balaban J connectivity index is 1.96. The summed E-state index contributed by atoms with van der Waals surface area (Å²) < 4.78 is 26.5. The summed E-state index contributed by atoms with van der Waals surface area (Å²) >= 11 is 0. The van der Waals surface area contributed by atoms with Crippen LogP contribution in [-0.4, -0.2) is 54.2 Å². The molecule has 0 saturated carbocycles. The number of halogens is 2. The van der Waals surface area contributed by atoms with E-state index in [-0.39, 0.29) is 18.0 Å². The SMILES string of the molecule is CC(=O)N1CCN(CC(=O)c2cc(F)ccc2F)CC1. The Morgan fingerprint density at radius 3 is 2.40 bits per heavy atom. The van der Waals surface area contributed by atoms with Crippen LogP contribution in [0.1, 0.15) is 17.3 Å². The van der Waals surface area contributed by atoms with Crippen molar-refractivity contribution in [2.24, 2.45) is 0 Å². The normalized spacial score (nSPS) is 16.2. The Morgan fingerprint density at radius 1 is 1.15 bits per heavy atom. The molecule has 1 fully saturated rings. The lowest BCUT2D eigenvalue weighted by Crippen LogP contribution is -2.49. The van der Waals surface area contributed by atoms with Crippen LogP contribution in [0.2, 0.25) is 0 Å². The maximum absolute atomic E-state index is 13.5. The van der Waals surface area contributed by atoms with Crippen LogP contribution in [0.4, 0.5) is 8.78 Å². The van der Waals surface area contributed by atoms with E-state index in [1.807, 2.05) is 4.90 Å². The molecule has 1 aliphatic heterocycles. The third-order valence-electron chi connectivity index (χ3n) is 3.41. The monoisotopic (exact) mass is 282 g/mol. The zero-order valence-corrected chi connectivity index (χ0v) is 11.2. The molecule has 4 nitrogen and oxygen atoms in total. The van der Waals surface area contributed by atoms with E-state index < -0.39 is 17.4 Å². The number of amides is 1. The van der Waals surface area contributed by atoms with Gasteiger partial charge in [-0.1, -0.05) is 0 Å². The van der Waals surface area contributed by atoms with Crippen LogP contribution < -0.4 is 0 Å². The van der Waals surface area contributed by atoms with Gasteiger partial charge in [0.2, 0.25) is 5.91 Å². The molecule has 6 heteroatoms. The minimum Gasteiger partial charge on any atom is -0.340 e. The highest BCUT2D eigenvalue weighted by atomic mass is 19.1. The van der Waals surface area contributed by atoms with Gasteiger partial charge in [-0.3, -0.25) is 14.5 Å². The van der Waals surface area contributed by atoms with Crippen molar-refractivity contribution in [3.63, 3.8) is 0 Å². The molecule has 0 aromatic heterocycles. The van der Waals surface area contributed by atoms with Gasteiger partial charge >= 0.3 is 0 Å². The maximum Gasteiger partial charge on any atom is 0.219 e. The smallest absolute Gasteiger partial charge is 0.219 e. The molecular weight excluding hydrogens is 266 g/mol. The molecule has 0 radical (unpaired) electrons. The van der Waals surface area contributed by atoms with Crippen molar-refractivity contribution >= 4 is 11.7 Å². The maximum atomic E-state index is 13.5. The zero-order valence-electron chi connectivity index (χ0n) is 11.2. The highest BCUT2D eigenvalue weighted by Crippen LogP contribution is 2.12. The Labute approximate surface area is 116 Å². The van der Waals surface area contributed by atoms with E-state index in [0.29, 0.717) is 26.2 Å². The number of carbonyl (C=O) groups is 2. The highest BCUT2D eigenvalue weighted by Gasteiger charge is 2.22. The number of nitrogens with zero attached hydrogens (tertiary/aromatic N) is 2. The Morgan fingerprint density at radius 2 is 1.80 bits per heavy atom. The number of hydrogen-bond acceptors (Lipinski definition) is 3. The van der Waals surface area contributed by atoms with Gasteiger partial charge < -0.3 is 4.90 Å². The van der Waals surface area contributed by atoms with Gasteiger partial charge in [0, 0.05) is 33.1 Å². The van der Waals surface area contributed by atoms with Crippen LogP contribution in [0.5, 0.6) is 0 Å². The number of benzene rings is 1. The predicted octanol–water partition coefficient (Wildman–Crippen LogP) is 1.31. The van der Waals surface area contributed by atoms with Gasteiger partial charge in [0.25, 0.3) is 0 Å². The van der Waals surface area contributed by atoms with E-state index >= 15 is 0 Å². The highest BCUT2D eigenvalue weighted by molar-refractivity contribution is 5.97. The molecule has 1 amide bonds. The Kier molecular flexibility index (Phi) is 4.44. The van der Waals surface area contributed by atoms with E-state index in [2.05, 4.69) is 0 Å². The van der Waals surface area contributed by atoms with Gasteiger partial charge in [-0.15, -0.1) is 0 Å². The summed E-state index contributed by atoms with van der Waals surface area (Å²) in [6.07, 6.45) is 0. The molecule has 2 rings (SSSR count). The Hall–Kier alpha value is -1.82. The molecule has 1 aliphatic rings. The molecule has 0 atom stereocenters. The molecule has 1 aromatic carbocycles. The minimum atomic E-state index is -0.709. The molecule has 0 aliphatic carbocycles. The van der Waals surface area contributed by atoms with Crippen molar-refractivity contribution in [2.45, 2.75) is 6.92 Å². The van der Waals surface area contributed by atoms with Gasteiger partial charge in [-0.2, -0.15) is 0 Å². The fourth-order valence-electron chi connectivity index (χ4n) is 2.22. The third-order valence-corrected chi connectivity index (χ3v) is 3.41. The molecule has 0 spiro atoms. The van der Waals surface area contributed by atoms with Crippen LogP contribution in [0.25, 0.3) is 0 Å². The lowest BCUT2D eigenvalue weighted by atomic mass is 10.1. The fourth-order valence-corrected chi connectivity index (χ4v) is 2.22. The van der Waals surface area contributed by atoms with Crippen molar-refractivity contribution in [3.05, 3.63) is 35.4 Å². The first kappa shape index (κ1) is 14.6. The second-order valence-electron chi connectivity index (χ2n) is 4.83. The largest absolute Gasteiger partial charge is 0.340 e. The van der Waals surface area contributed by atoms with Crippen molar-refractivity contribution in [1.29, 1.82) is 0 Å². The van der Waals surface area contributed by atoms with Gasteiger partial charge in [0.05, 0.1) is 12.1 Å². The van der Waals surface area contributed by atoms with Crippen molar-refractivity contribution in [1.82, 2.24) is 9.80 Å².